The molecular formula is C21H17N. The molecule has 0 bridgehead atoms. The fourth-order valence-corrected chi connectivity index (χ4v) is 3.36. The summed E-state index contributed by atoms with van der Waals surface area (Å²) in [5.41, 5.74) is 3.66. The van der Waals surface area contributed by atoms with E-state index in [2.05, 4.69) is 84.8 Å². The lowest BCUT2D eigenvalue weighted by atomic mass is 10.0. The van der Waals surface area contributed by atoms with Gasteiger partial charge in [0.15, 0.2) is 0 Å². The van der Waals surface area contributed by atoms with E-state index in [4.69, 9.17) is 0 Å². The van der Waals surface area contributed by atoms with E-state index in [-0.39, 0.29) is 0 Å². The highest BCUT2D eigenvalue weighted by atomic mass is 15.0. The van der Waals surface area contributed by atoms with Crippen molar-refractivity contribution in [2.45, 2.75) is 6.92 Å². The van der Waals surface area contributed by atoms with Crippen LogP contribution < -0.4 is 0 Å². The molecule has 0 saturated heterocycles. The fraction of sp³-hybridized carbons (Fsp3) is 0.0476. The lowest BCUT2D eigenvalue weighted by Gasteiger charge is -2.07. The van der Waals surface area contributed by atoms with Crippen LogP contribution in [0.3, 0.4) is 0 Å². The van der Waals surface area contributed by atoms with Gasteiger partial charge in [0.05, 0.1) is 11.0 Å². The molecule has 0 fully saturated rings. The molecular weight excluding hydrogens is 266 g/mol. The molecule has 0 aliphatic rings. The Morgan fingerprint density at radius 3 is 2.41 bits per heavy atom. The summed E-state index contributed by atoms with van der Waals surface area (Å²) in [6, 6.07) is 21.6. The monoisotopic (exact) mass is 283 g/mol. The molecule has 0 amide bonds. The number of allylic oxidation sites excluding steroid dienone is 3. The Morgan fingerprint density at radius 1 is 0.864 bits per heavy atom. The van der Waals surface area contributed by atoms with E-state index in [9.17, 15) is 0 Å². The highest BCUT2D eigenvalue weighted by Crippen LogP contribution is 2.36. The van der Waals surface area contributed by atoms with Crippen molar-refractivity contribution in [3.05, 3.63) is 79.4 Å². The largest absolute Gasteiger partial charge is 0.313 e. The Labute approximate surface area is 129 Å². The van der Waals surface area contributed by atoms with Crippen LogP contribution in [0.4, 0.5) is 0 Å². The molecule has 1 aromatic heterocycles. The standard InChI is InChI=1S/C21H17N/c1-3-8-15(2)22-19-12-7-6-11-18(19)21-17-10-5-4-9-16(17)13-14-20(21)22/h3-14H,1H2,2H3/b15-8+. The molecule has 4 aromatic rings. The molecule has 0 spiro atoms. The summed E-state index contributed by atoms with van der Waals surface area (Å²) in [7, 11) is 0. The minimum absolute atomic E-state index is 1.18. The Balaban J connectivity index is 2.30. The first-order valence-electron chi connectivity index (χ1n) is 7.52. The number of hydrogen-bond acceptors (Lipinski definition) is 0. The zero-order chi connectivity index (χ0) is 15.1. The Bertz CT molecular complexity index is 1050. The van der Waals surface area contributed by atoms with Gasteiger partial charge in [-0.15, -0.1) is 0 Å². The molecule has 1 heterocycles. The zero-order valence-electron chi connectivity index (χ0n) is 12.6. The smallest absolute Gasteiger partial charge is 0.0544 e. The number of nitrogens with zero attached hydrogens (tertiary/aromatic N) is 1. The van der Waals surface area contributed by atoms with Crippen LogP contribution >= 0.6 is 0 Å². The van der Waals surface area contributed by atoms with E-state index in [0.717, 1.165) is 0 Å². The number of benzene rings is 3. The Kier molecular flexibility index (Phi) is 2.87. The molecule has 1 heteroatoms. The molecule has 4 rings (SSSR count). The average molecular weight is 283 g/mol. The van der Waals surface area contributed by atoms with Crippen LogP contribution in [-0.2, 0) is 0 Å². The number of para-hydroxylation sites is 1. The number of fused-ring (bicyclic) bond motifs is 5. The van der Waals surface area contributed by atoms with Crippen LogP contribution in [0.5, 0.6) is 0 Å². The minimum atomic E-state index is 1.18. The van der Waals surface area contributed by atoms with Crippen LogP contribution in [0.25, 0.3) is 38.3 Å². The molecule has 0 atom stereocenters. The summed E-state index contributed by atoms with van der Waals surface area (Å²) in [6.07, 6.45) is 3.90. The molecule has 1 nitrogen and oxygen atoms in total. The topological polar surface area (TPSA) is 4.93 Å². The lowest BCUT2D eigenvalue weighted by molar-refractivity contribution is 1.20. The number of hydrogen-bond donors (Lipinski definition) is 0. The first kappa shape index (κ1) is 12.9. The summed E-state index contributed by atoms with van der Waals surface area (Å²) in [4.78, 5) is 0. The van der Waals surface area contributed by atoms with Gasteiger partial charge in [-0.1, -0.05) is 61.2 Å². The van der Waals surface area contributed by atoms with Crippen LogP contribution in [0, 0.1) is 0 Å². The first-order chi connectivity index (χ1) is 10.8. The second-order valence-electron chi connectivity index (χ2n) is 5.58. The molecule has 0 N–H and O–H groups in total. The van der Waals surface area contributed by atoms with E-state index in [1.807, 2.05) is 6.08 Å². The maximum absolute atomic E-state index is 3.83. The van der Waals surface area contributed by atoms with E-state index in [0.29, 0.717) is 0 Å². The van der Waals surface area contributed by atoms with Crippen molar-refractivity contribution in [2.24, 2.45) is 0 Å². The van der Waals surface area contributed by atoms with Gasteiger partial charge in [0.25, 0.3) is 0 Å². The summed E-state index contributed by atoms with van der Waals surface area (Å²) in [5, 5.41) is 5.21. The minimum Gasteiger partial charge on any atom is -0.313 e. The molecule has 0 aliphatic carbocycles. The zero-order valence-corrected chi connectivity index (χ0v) is 12.6. The first-order valence-corrected chi connectivity index (χ1v) is 7.52. The Hall–Kier alpha value is -2.80. The number of aromatic nitrogens is 1. The molecule has 22 heavy (non-hydrogen) atoms. The van der Waals surface area contributed by atoms with Crippen molar-refractivity contribution in [1.82, 2.24) is 4.57 Å². The Morgan fingerprint density at radius 2 is 1.59 bits per heavy atom. The predicted octanol–water partition coefficient (Wildman–Crippen LogP) is 5.99. The second-order valence-corrected chi connectivity index (χ2v) is 5.58. The van der Waals surface area contributed by atoms with Gasteiger partial charge in [0.2, 0.25) is 0 Å². The van der Waals surface area contributed by atoms with Gasteiger partial charge in [0, 0.05) is 16.5 Å². The third-order valence-electron chi connectivity index (χ3n) is 4.27. The summed E-state index contributed by atoms with van der Waals surface area (Å²) < 4.78 is 2.32. The normalized spacial score (nSPS) is 12.3. The van der Waals surface area contributed by atoms with Crippen molar-refractivity contribution in [2.75, 3.05) is 0 Å². The average Bonchev–Trinajstić information content (AvgIpc) is 2.90. The van der Waals surface area contributed by atoms with Crippen molar-refractivity contribution >= 4 is 38.3 Å². The highest BCUT2D eigenvalue weighted by molar-refractivity contribution is 6.21. The van der Waals surface area contributed by atoms with E-state index in [1.54, 1.807) is 0 Å². The third kappa shape index (κ3) is 1.72. The SMILES string of the molecule is C=C/C=C(\C)n1c2ccccc2c2c3ccccc3ccc21. The molecule has 0 saturated carbocycles. The van der Waals surface area contributed by atoms with Crippen LogP contribution in [-0.4, -0.2) is 4.57 Å². The van der Waals surface area contributed by atoms with Crippen LogP contribution in [0.2, 0.25) is 0 Å². The van der Waals surface area contributed by atoms with E-state index < -0.39 is 0 Å². The van der Waals surface area contributed by atoms with Gasteiger partial charge >= 0.3 is 0 Å². The predicted molar refractivity (Wildman–Crippen MR) is 97.1 cm³/mol. The molecule has 106 valence electrons. The van der Waals surface area contributed by atoms with Crippen molar-refractivity contribution < 1.29 is 0 Å². The van der Waals surface area contributed by atoms with Gasteiger partial charge in [-0.2, -0.15) is 0 Å². The van der Waals surface area contributed by atoms with Crippen molar-refractivity contribution in [3.63, 3.8) is 0 Å². The van der Waals surface area contributed by atoms with Crippen LogP contribution in [0.1, 0.15) is 6.92 Å². The van der Waals surface area contributed by atoms with Crippen molar-refractivity contribution in [3.8, 4) is 0 Å². The van der Waals surface area contributed by atoms with Gasteiger partial charge in [-0.25, -0.2) is 0 Å². The summed E-state index contributed by atoms with van der Waals surface area (Å²) in [5.74, 6) is 0. The van der Waals surface area contributed by atoms with Gasteiger partial charge in [-0.3, -0.25) is 0 Å². The molecule has 0 aliphatic heterocycles. The van der Waals surface area contributed by atoms with Crippen molar-refractivity contribution in [1.29, 1.82) is 0 Å². The van der Waals surface area contributed by atoms with Crippen LogP contribution in [0.15, 0.2) is 79.4 Å². The third-order valence-corrected chi connectivity index (χ3v) is 4.27. The highest BCUT2D eigenvalue weighted by Gasteiger charge is 2.13. The number of rotatable bonds is 2. The lowest BCUT2D eigenvalue weighted by Crippen LogP contribution is -1.92. The molecule has 3 aromatic carbocycles. The maximum Gasteiger partial charge on any atom is 0.0544 e. The molecule has 0 unspecified atom stereocenters. The van der Waals surface area contributed by atoms with Gasteiger partial charge < -0.3 is 4.57 Å². The summed E-state index contributed by atoms with van der Waals surface area (Å²) in [6.45, 7) is 5.96. The van der Waals surface area contributed by atoms with E-state index >= 15 is 0 Å². The van der Waals surface area contributed by atoms with Gasteiger partial charge in [-0.05, 0) is 35.9 Å². The van der Waals surface area contributed by atoms with Gasteiger partial charge in [0.1, 0.15) is 0 Å². The van der Waals surface area contributed by atoms with E-state index in [1.165, 1.54) is 38.3 Å². The summed E-state index contributed by atoms with van der Waals surface area (Å²) >= 11 is 0. The maximum atomic E-state index is 3.83. The quantitative estimate of drug-likeness (QED) is 0.398. The fourth-order valence-electron chi connectivity index (χ4n) is 3.36. The second kappa shape index (κ2) is 4.88. The molecule has 0 radical (unpaired) electrons.